The zero-order valence-electron chi connectivity index (χ0n) is 11.6. The Labute approximate surface area is 128 Å². The van der Waals surface area contributed by atoms with Gasteiger partial charge in [-0.3, -0.25) is 0 Å². The van der Waals surface area contributed by atoms with E-state index in [-0.39, 0.29) is 0 Å². The highest BCUT2D eigenvalue weighted by atomic mass is 79.9. The van der Waals surface area contributed by atoms with Crippen molar-refractivity contribution in [3.63, 3.8) is 0 Å². The van der Waals surface area contributed by atoms with Crippen LogP contribution < -0.4 is 5.32 Å². The van der Waals surface area contributed by atoms with Crippen molar-refractivity contribution in [2.45, 2.75) is 25.7 Å². The molecule has 1 aliphatic rings. The summed E-state index contributed by atoms with van der Waals surface area (Å²) in [6, 6.07) is 10.3. The summed E-state index contributed by atoms with van der Waals surface area (Å²) < 4.78 is 1.08. The minimum absolute atomic E-state index is 0.488. The molecule has 4 heteroatoms. The van der Waals surface area contributed by atoms with E-state index < -0.39 is 0 Å². The summed E-state index contributed by atoms with van der Waals surface area (Å²) in [5.74, 6) is 1.49. The number of hydrogen-bond acceptors (Lipinski definition) is 3. The van der Waals surface area contributed by atoms with Gasteiger partial charge in [-0.1, -0.05) is 28.1 Å². The molecule has 0 radical (unpaired) electrons. The summed E-state index contributed by atoms with van der Waals surface area (Å²) in [6.45, 7) is 4.18. The van der Waals surface area contributed by atoms with Gasteiger partial charge in [-0.15, -0.1) is 0 Å². The average molecular weight is 332 g/mol. The second-order valence-corrected chi connectivity index (χ2v) is 6.20. The zero-order valence-corrected chi connectivity index (χ0v) is 13.2. The van der Waals surface area contributed by atoms with Gasteiger partial charge < -0.3 is 5.32 Å². The van der Waals surface area contributed by atoms with Crippen LogP contribution in [0.3, 0.4) is 0 Å². The topological polar surface area (TPSA) is 37.8 Å². The summed E-state index contributed by atoms with van der Waals surface area (Å²) in [4.78, 5) is 9.46. The van der Waals surface area contributed by atoms with Gasteiger partial charge in [-0.05, 0) is 51.1 Å². The van der Waals surface area contributed by atoms with Crippen LogP contribution in [0.4, 0.5) is 0 Å². The van der Waals surface area contributed by atoms with E-state index in [0.29, 0.717) is 5.92 Å². The van der Waals surface area contributed by atoms with Gasteiger partial charge in [0.2, 0.25) is 0 Å². The fourth-order valence-electron chi connectivity index (χ4n) is 2.65. The molecule has 1 aliphatic heterocycles. The van der Waals surface area contributed by atoms with E-state index in [0.717, 1.165) is 53.2 Å². The van der Waals surface area contributed by atoms with Gasteiger partial charge in [-0.2, -0.15) is 0 Å². The monoisotopic (exact) mass is 331 g/mol. The van der Waals surface area contributed by atoms with Crippen LogP contribution in [0.5, 0.6) is 0 Å². The summed E-state index contributed by atoms with van der Waals surface area (Å²) >= 11 is 3.52. The van der Waals surface area contributed by atoms with Crippen LogP contribution >= 0.6 is 15.9 Å². The van der Waals surface area contributed by atoms with Crippen molar-refractivity contribution in [3.05, 3.63) is 46.3 Å². The van der Waals surface area contributed by atoms with Gasteiger partial charge >= 0.3 is 0 Å². The number of rotatable bonds is 2. The van der Waals surface area contributed by atoms with E-state index in [1.54, 1.807) is 0 Å². The fourth-order valence-corrected chi connectivity index (χ4v) is 3.05. The average Bonchev–Trinajstić information content (AvgIpc) is 2.47. The molecular weight excluding hydrogens is 314 g/mol. The molecule has 0 saturated carbocycles. The number of nitrogens with zero attached hydrogens (tertiary/aromatic N) is 2. The maximum Gasteiger partial charge on any atom is 0.132 e. The first-order valence-electron chi connectivity index (χ1n) is 7.04. The SMILES string of the molecule is Cc1cc(-c2cccc(Br)c2)nc(C2CCNCC2)n1. The third-order valence-electron chi connectivity index (χ3n) is 3.70. The van der Waals surface area contributed by atoms with Crippen LogP contribution in [-0.4, -0.2) is 23.1 Å². The van der Waals surface area contributed by atoms with Crippen molar-refractivity contribution < 1.29 is 0 Å². The second-order valence-electron chi connectivity index (χ2n) is 5.29. The summed E-state index contributed by atoms with van der Waals surface area (Å²) in [6.07, 6.45) is 2.25. The normalized spacial score (nSPS) is 16.3. The molecule has 0 aliphatic carbocycles. The van der Waals surface area contributed by atoms with Crippen LogP contribution in [-0.2, 0) is 0 Å². The third-order valence-corrected chi connectivity index (χ3v) is 4.19. The van der Waals surface area contributed by atoms with Crippen molar-refractivity contribution in [2.24, 2.45) is 0 Å². The van der Waals surface area contributed by atoms with E-state index in [1.165, 1.54) is 0 Å². The van der Waals surface area contributed by atoms with Crippen LogP contribution in [0.15, 0.2) is 34.8 Å². The van der Waals surface area contributed by atoms with E-state index in [2.05, 4.69) is 44.4 Å². The first-order valence-corrected chi connectivity index (χ1v) is 7.84. The highest BCUT2D eigenvalue weighted by Gasteiger charge is 2.19. The fraction of sp³-hybridized carbons (Fsp3) is 0.375. The lowest BCUT2D eigenvalue weighted by Crippen LogP contribution is -2.27. The smallest absolute Gasteiger partial charge is 0.132 e. The number of nitrogens with one attached hydrogen (secondary N) is 1. The van der Waals surface area contributed by atoms with Crippen LogP contribution in [0.1, 0.15) is 30.3 Å². The lowest BCUT2D eigenvalue weighted by Gasteiger charge is -2.22. The van der Waals surface area contributed by atoms with Gasteiger partial charge in [0.15, 0.2) is 0 Å². The number of aryl methyl sites for hydroxylation is 1. The van der Waals surface area contributed by atoms with Crippen molar-refractivity contribution in [1.29, 1.82) is 0 Å². The van der Waals surface area contributed by atoms with Crippen LogP contribution in [0, 0.1) is 6.92 Å². The summed E-state index contributed by atoms with van der Waals surface area (Å²) in [5.41, 5.74) is 3.20. The highest BCUT2D eigenvalue weighted by Crippen LogP contribution is 2.26. The molecule has 1 fully saturated rings. The Balaban J connectivity index is 1.97. The molecule has 104 valence electrons. The molecular formula is C16H18BrN3. The lowest BCUT2D eigenvalue weighted by molar-refractivity contribution is 0.444. The summed E-state index contributed by atoms with van der Waals surface area (Å²) in [7, 11) is 0. The van der Waals surface area contributed by atoms with E-state index >= 15 is 0 Å². The number of piperidine rings is 1. The molecule has 3 rings (SSSR count). The van der Waals surface area contributed by atoms with Gasteiger partial charge in [0.05, 0.1) is 5.69 Å². The molecule has 1 aromatic carbocycles. The Bertz CT molecular complexity index is 606. The molecule has 0 unspecified atom stereocenters. The van der Waals surface area contributed by atoms with Gasteiger partial charge in [0, 0.05) is 21.6 Å². The molecule has 0 bridgehead atoms. The largest absolute Gasteiger partial charge is 0.317 e. The first kappa shape index (κ1) is 13.7. The molecule has 2 heterocycles. The minimum Gasteiger partial charge on any atom is -0.317 e. The Hall–Kier alpha value is -1.26. The van der Waals surface area contributed by atoms with Gasteiger partial charge in [0.1, 0.15) is 5.82 Å². The van der Waals surface area contributed by atoms with Crippen molar-refractivity contribution in [3.8, 4) is 11.3 Å². The molecule has 3 nitrogen and oxygen atoms in total. The van der Waals surface area contributed by atoms with E-state index in [4.69, 9.17) is 4.98 Å². The maximum absolute atomic E-state index is 4.81. The second kappa shape index (κ2) is 6.02. The Morgan fingerprint density at radius 3 is 2.70 bits per heavy atom. The van der Waals surface area contributed by atoms with E-state index in [1.807, 2.05) is 19.1 Å². The molecule has 1 N–H and O–H groups in total. The first-order chi connectivity index (χ1) is 9.72. The lowest BCUT2D eigenvalue weighted by atomic mass is 9.97. The quantitative estimate of drug-likeness (QED) is 0.912. The number of hydrogen-bond donors (Lipinski definition) is 1. The molecule has 1 aromatic heterocycles. The third kappa shape index (κ3) is 3.07. The number of halogens is 1. The Morgan fingerprint density at radius 1 is 1.15 bits per heavy atom. The molecule has 0 amide bonds. The van der Waals surface area contributed by atoms with Gasteiger partial charge in [-0.25, -0.2) is 9.97 Å². The number of aromatic nitrogens is 2. The highest BCUT2D eigenvalue weighted by molar-refractivity contribution is 9.10. The van der Waals surface area contributed by atoms with Gasteiger partial charge in [0.25, 0.3) is 0 Å². The Kier molecular flexibility index (Phi) is 4.13. The Morgan fingerprint density at radius 2 is 1.95 bits per heavy atom. The van der Waals surface area contributed by atoms with Crippen LogP contribution in [0.2, 0.25) is 0 Å². The molecule has 1 saturated heterocycles. The van der Waals surface area contributed by atoms with Crippen LogP contribution in [0.25, 0.3) is 11.3 Å². The number of benzene rings is 1. The predicted octanol–water partition coefficient (Wildman–Crippen LogP) is 3.68. The maximum atomic E-state index is 4.81. The molecule has 2 aromatic rings. The standard InChI is InChI=1S/C16H18BrN3/c1-11-9-15(13-3-2-4-14(17)10-13)20-16(19-11)12-5-7-18-8-6-12/h2-4,9-10,12,18H,5-8H2,1H3. The van der Waals surface area contributed by atoms with E-state index in [9.17, 15) is 0 Å². The molecule has 0 spiro atoms. The van der Waals surface area contributed by atoms with Crippen molar-refractivity contribution in [2.75, 3.05) is 13.1 Å². The van der Waals surface area contributed by atoms with Crippen molar-refractivity contribution >= 4 is 15.9 Å². The summed E-state index contributed by atoms with van der Waals surface area (Å²) in [5, 5.41) is 3.39. The zero-order chi connectivity index (χ0) is 13.9. The van der Waals surface area contributed by atoms with Crippen molar-refractivity contribution in [1.82, 2.24) is 15.3 Å². The molecule has 20 heavy (non-hydrogen) atoms. The minimum atomic E-state index is 0.488. The molecule has 0 atom stereocenters. The predicted molar refractivity (Wildman–Crippen MR) is 84.7 cm³/mol.